The van der Waals surface area contributed by atoms with E-state index in [0.717, 1.165) is 9.99 Å². The fraction of sp³-hybridized carbons (Fsp3) is 0. The Morgan fingerprint density at radius 1 is 1.55 bits per heavy atom. The van der Waals surface area contributed by atoms with Gasteiger partial charge in [0, 0.05) is 10.7 Å². The molecule has 0 saturated carbocycles. The summed E-state index contributed by atoms with van der Waals surface area (Å²) in [6, 6.07) is 3.76. The maximum atomic E-state index is 5.79. The first-order valence-corrected chi connectivity index (χ1v) is 4.23. The topological polar surface area (TPSA) is 17.3 Å². The quantitative estimate of drug-likeness (QED) is 0.681. The summed E-state index contributed by atoms with van der Waals surface area (Å²) >= 11 is 9.17. The molecule has 11 heavy (non-hydrogen) atoms. The minimum Gasteiger partial charge on any atom is -0.238 e. The van der Waals surface area contributed by atoms with Crippen LogP contribution >= 0.6 is 27.5 Å². The van der Waals surface area contributed by atoms with Crippen LogP contribution in [0.2, 0.25) is 5.02 Å². The average molecular weight is 231 g/mol. The van der Waals surface area contributed by atoms with E-state index in [2.05, 4.69) is 21.0 Å². The molecule has 2 rings (SSSR count). The highest BCUT2D eigenvalue weighted by Gasteiger charge is 1.99. The molecule has 0 bridgehead atoms. The van der Waals surface area contributed by atoms with Crippen LogP contribution in [0.5, 0.6) is 0 Å². The molecule has 0 N–H and O–H groups in total. The third-order valence-electron chi connectivity index (χ3n) is 1.43. The van der Waals surface area contributed by atoms with Crippen LogP contribution in [0.25, 0.3) is 5.52 Å². The van der Waals surface area contributed by atoms with Crippen LogP contribution in [-0.4, -0.2) is 9.61 Å². The lowest BCUT2D eigenvalue weighted by Crippen LogP contribution is -1.85. The summed E-state index contributed by atoms with van der Waals surface area (Å²) in [5, 5.41) is 4.72. The van der Waals surface area contributed by atoms with Gasteiger partial charge in [0.25, 0.3) is 0 Å². The number of pyridine rings is 1. The molecular formula is C7H4BrClN2. The maximum absolute atomic E-state index is 5.79. The first-order valence-electron chi connectivity index (χ1n) is 3.06. The minimum atomic E-state index is 0.674. The Morgan fingerprint density at radius 2 is 2.36 bits per heavy atom. The Hall–Kier alpha value is -0.540. The predicted octanol–water partition coefficient (Wildman–Crippen LogP) is 2.75. The van der Waals surface area contributed by atoms with Crippen LogP contribution in [0.4, 0.5) is 0 Å². The van der Waals surface area contributed by atoms with E-state index in [-0.39, 0.29) is 0 Å². The molecule has 0 aliphatic rings. The van der Waals surface area contributed by atoms with Gasteiger partial charge >= 0.3 is 0 Å². The third kappa shape index (κ3) is 1.14. The molecule has 2 heterocycles. The number of hydrogen-bond donors (Lipinski definition) is 0. The van der Waals surface area contributed by atoms with Crippen molar-refractivity contribution in [1.82, 2.24) is 9.61 Å². The van der Waals surface area contributed by atoms with Crippen LogP contribution < -0.4 is 0 Å². The van der Waals surface area contributed by atoms with Gasteiger partial charge in [-0.3, -0.25) is 0 Å². The van der Waals surface area contributed by atoms with Crippen molar-refractivity contribution in [3.63, 3.8) is 0 Å². The van der Waals surface area contributed by atoms with E-state index in [4.69, 9.17) is 11.6 Å². The van der Waals surface area contributed by atoms with Crippen LogP contribution in [-0.2, 0) is 0 Å². The van der Waals surface area contributed by atoms with Crippen LogP contribution in [0, 0.1) is 0 Å². The van der Waals surface area contributed by atoms with E-state index in [1.54, 1.807) is 16.9 Å². The predicted molar refractivity (Wildman–Crippen MR) is 47.9 cm³/mol. The first-order chi connectivity index (χ1) is 5.27. The van der Waals surface area contributed by atoms with E-state index >= 15 is 0 Å². The molecule has 4 heteroatoms. The molecule has 2 aromatic rings. The monoisotopic (exact) mass is 230 g/mol. The van der Waals surface area contributed by atoms with Crippen molar-refractivity contribution in [2.45, 2.75) is 0 Å². The molecule has 2 nitrogen and oxygen atoms in total. The van der Waals surface area contributed by atoms with Gasteiger partial charge in [0.15, 0.2) is 0 Å². The van der Waals surface area contributed by atoms with Crippen LogP contribution in [0.1, 0.15) is 0 Å². The standard InChI is InChI=1S/C7H4BrClN2/c8-6-3-5(9)4-11-7(6)1-2-10-11/h1-4H. The molecule has 0 aliphatic carbocycles. The van der Waals surface area contributed by atoms with Crippen molar-refractivity contribution in [2.75, 3.05) is 0 Å². The smallest absolute Gasteiger partial charge is 0.0804 e. The highest BCUT2D eigenvalue weighted by Crippen LogP contribution is 2.21. The second-order valence-electron chi connectivity index (χ2n) is 2.17. The number of fused-ring (bicyclic) bond motifs is 1. The number of halogens is 2. The summed E-state index contributed by atoms with van der Waals surface area (Å²) in [5.41, 5.74) is 1.02. The SMILES string of the molecule is Clc1cc(Br)c2ccnn2c1. The Balaban J connectivity index is 2.91. The molecule has 0 aromatic carbocycles. The summed E-state index contributed by atoms with van der Waals surface area (Å²) in [6.45, 7) is 0. The molecular weight excluding hydrogens is 227 g/mol. The summed E-state index contributed by atoms with van der Waals surface area (Å²) in [5.74, 6) is 0. The summed E-state index contributed by atoms with van der Waals surface area (Å²) < 4.78 is 2.69. The fourth-order valence-electron chi connectivity index (χ4n) is 0.955. The summed E-state index contributed by atoms with van der Waals surface area (Å²) in [7, 11) is 0. The van der Waals surface area contributed by atoms with Crippen LogP contribution in [0.15, 0.2) is 29.0 Å². The second-order valence-corrected chi connectivity index (χ2v) is 3.46. The minimum absolute atomic E-state index is 0.674. The van der Waals surface area contributed by atoms with Crippen LogP contribution in [0.3, 0.4) is 0 Å². The van der Waals surface area contributed by atoms with Gasteiger partial charge in [-0.2, -0.15) is 5.10 Å². The number of rotatable bonds is 0. The first kappa shape index (κ1) is 7.13. The molecule has 0 fully saturated rings. The van der Waals surface area contributed by atoms with E-state index in [9.17, 15) is 0 Å². The lowest BCUT2D eigenvalue weighted by Gasteiger charge is -1.96. The molecule has 0 saturated heterocycles. The van der Waals surface area contributed by atoms with Crippen molar-refractivity contribution in [3.8, 4) is 0 Å². The second kappa shape index (κ2) is 2.50. The molecule has 0 aliphatic heterocycles. The molecule has 0 atom stereocenters. The maximum Gasteiger partial charge on any atom is 0.0804 e. The van der Waals surface area contributed by atoms with E-state index in [1.165, 1.54) is 0 Å². The van der Waals surface area contributed by atoms with Gasteiger partial charge in [0.2, 0.25) is 0 Å². The van der Waals surface area contributed by atoms with Gasteiger partial charge in [-0.1, -0.05) is 11.6 Å². The van der Waals surface area contributed by atoms with Crippen molar-refractivity contribution >= 4 is 33.0 Å². The third-order valence-corrected chi connectivity index (χ3v) is 2.27. The zero-order valence-electron chi connectivity index (χ0n) is 5.46. The molecule has 0 amide bonds. The lowest BCUT2D eigenvalue weighted by molar-refractivity contribution is 0.959. The molecule has 56 valence electrons. The Kier molecular flexibility index (Phi) is 1.62. The zero-order chi connectivity index (χ0) is 7.84. The van der Waals surface area contributed by atoms with Crippen molar-refractivity contribution in [1.29, 1.82) is 0 Å². The van der Waals surface area contributed by atoms with E-state index in [0.29, 0.717) is 5.02 Å². The van der Waals surface area contributed by atoms with Crippen molar-refractivity contribution < 1.29 is 0 Å². The molecule has 2 aromatic heterocycles. The zero-order valence-corrected chi connectivity index (χ0v) is 7.80. The normalized spacial score (nSPS) is 10.7. The van der Waals surface area contributed by atoms with E-state index in [1.807, 2.05) is 12.1 Å². The number of hydrogen-bond acceptors (Lipinski definition) is 1. The largest absolute Gasteiger partial charge is 0.238 e. The fourth-order valence-corrected chi connectivity index (χ4v) is 1.85. The molecule has 0 radical (unpaired) electrons. The Morgan fingerprint density at radius 3 is 3.18 bits per heavy atom. The van der Waals surface area contributed by atoms with Crippen molar-refractivity contribution in [3.05, 3.63) is 34.0 Å². The Labute approximate surface area is 76.9 Å². The van der Waals surface area contributed by atoms with Gasteiger partial charge in [0.05, 0.1) is 16.7 Å². The average Bonchev–Trinajstić information content (AvgIpc) is 2.34. The highest BCUT2D eigenvalue weighted by atomic mass is 79.9. The van der Waals surface area contributed by atoms with Crippen molar-refractivity contribution in [2.24, 2.45) is 0 Å². The Bertz CT molecular complexity index is 396. The van der Waals surface area contributed by atoms with Gasteiger partial charge in [-0.15, -0.1) is 0 Å². The number of aromatic nitrogens is 2. The lowest BCUT2D eigenvalue weighted by atomic mass is 10.4. The van der Waals surface area contributed by atoms with Gasteiger partial charge in [-0.05, 0) is 28.1 Å². The molecule has 0 unspecified atom stereocenters. The van der Waals surface area contributed by atoms with E-state index < -0.39 is 0 Å². The highest BCUT2D eigenvalue weighted by molar-refractivity contribution is 9.10. The van der Waals surface area contributed by atoms with Gasteiger partial charge in [-0.25, -0.2) is 4.52 Å². The van der Waals surface area contributed by atoms with Gasteiger partial charge < -0.3 is 0 Å². The number of nitrogens with zero attached hydrogens (tertiary/aromatic N) is 2. The summed E-state index contributed by atoms with van der Waals surface area (Å²) in [6.07, 6.45) is 3.50. The van der Waals surface area contributed by atoms with Gasteiger partial charge in [0.1, 0.15) is 0 Å². The molecule has 0 spiro atoms. The summed E-state index contributed by atoms with van der Waals surface area (Å²) in [4.78, 5) is 0.